The zero-order valence-corrected chi connectivity index (χ0v) is 11.9. The van der Waals surface area contributed by atoms with Gasteiger partial charge in [-0.25, -0.2) is 9.10 Å². The normalized spacial score (nSPS) is 29.5. The summed E-state index contributed by atoms with van der Waals surface area (Å²) < 4.78 is 7.84. The highest BCUT2D eigenvalue weighted by atomic mass is 32.2. The lowest BCUT2D eigenvalue weighted by Crippen LogP contribution is -2.54. The second-order valence-corrected chi connectivity index (χ2v) is 6.68. The first kappa shape index (κ1) is 13.0. The molecule has 0 saturated carbocycles. The van der Waals surface area contributed by atoms with E-state index in [-0.39, 0.29) is 6.09 Å². The molecule has 1 amide bonds. The Morgan fingerprint density at radius 3 is 2.18 bits per heavy atom. The van der Waals surface area contributed by atoms with Crippen LogP contribution in [0.25, 0.3) is 0 Å². The SMILES string of the molecule is CSN1CC2CCC(C1)N2C(=O)OC(C)(C)C. The molecule has 2 fully saturated rings. The van der Waals surface area contributed by atoms with Crippen LogP contribution in [-0.2, 0) is 4.74 Å². The maximum Gasteiger partial charge on any atom is 0.410 e. The summed E-state index contributed by atoms with van der Waals surface area (Å²) in [5.74, 6) is 0. The molecule has 0 N–H and O–H groups in total. The third-order valence-electron chi connectivity index (χ3n) is 3.31. The molecule has 2 saturated heterocycles. The van der Waals surface area contributed by atoms with E-state index in [1.54, 1.807) is 11.9 Å². The van der Waals surface area contributed by atoms with Crippen molar-refractivity contribution in [3.63, 3.8) is 0 Å². The highest BCUT2D eigenvalue weighted by Gasteiger charge is 2.44. The lowest BCUT2D eigenvalue weighted by atomic mass is 10.2. The summed E-state index contributed by atoms with van der Waals surface area (Å²) >= 11 is 1.77. The van der Waals surface area contributed by atoms with Crippen LogP contribution in [0.3, 0.4) is 0 Å². The van der Waals surface area contributed by atoms with Gasteiger partial charge >= 0.3 is 6.09 Å². The van der Waals surface area contributed by atoms with Gasteiger partial charge in [-0.1, -0.05) is 11.9 Å². The Balaban J connectivity index is 2.01. The molecule has 2 aliphatic heterocycles. The third kappa shape index (κ3) is 2.88. The number of hydrogen-bond donors (Lipinski definition) is 0. The maximum atomic E-state index is 12.1. The van der Waals surface area contributed by atoms with E-state index in [0.717, 1.165) is 25.9 Å². The fourth-order valence-electron chi connectivity index (χ4n) is 2.63. The van der Waals surface area contributed by atoms with Gasteiger partial charge < -0.3 is 4.74 Å². The van der Waals surface area contributed by atoms with Crippen molar-refractivity contribution < 1.29 is 9.53 Å². The maximum absolute atomic E-state index is 12.1. The smallest absolute Gasteiger partial charge is 0.410 e. The molecule has 0 aromatic rings. The summed E-state index contributed by atoms with van der Waals surface area (Å²) in [5, 5.41) is 0. The van der Waals surface area contributed by atoms with Gasteiger partial charge in [0.15, 0.2) is 0 Å². The topological polar surface area (TPSA) is 32.8 Å². The number of amides is 1. The molecule has 0 radical (unpaired) electrons. The van der Waals surface area contributed by atoms with Crippen molar-refractivity contribution >= 4 is 18.0 Å². The summed E-state index contributed by atoms with van der Waals surface area (Å²) in [6, 6.07) is 0.687. The zero-order valence-electron chi connectivity index (χ0n) is 11.1. The Morgan fingerprint density at radius 2 is 1.76 bits per heavy atom. The number of carbonyl (C=O) groups is 1. The van der Waals surface area contributed by atoms with E-state index in [9.17, 15) is 4.79 Å². The predicted molar refractivity (Wildman–Crippen MR) is 70.0 cm³/mol. The Bertz CT molecular complexity index is 289. The van der Waals surface area contributed by atoms with Crippen LogP contribution < -0.4 is 0 Å². The number of carbonyl (C=O) groups excluding carboxylic acids is 1. The van der Waals surface area contributed by atoms with Crippen LogP contribution in [0.5, 0.6) is 0 Å². The highest BCUT2D eigenvalue weighted by molar-refractivity contribution is 7.96. The van der Waals surface area contributed by atoms with Crippen molar-refractivity contribution in [3.05, 3.63) is 0 Å². The van der Waals surface area contributed by atoms with E-state index in [0.29, 0.717) is 12.1 Å². The van der Waals surface area contributed by atoms with Gasteiger partial charge in [-0.05, 0) is 39.9 Å². The quantitative estimate of drug-likeness (QED) is 0.676. The molecule has 98 valence electrons. The predicted octanol–water partition coefficient (Wildman–Crippen LogP) is 2.35. The Morgan fingerprint density at radius 1 is 1.24 bits per heavy atom. The van der Waals surface area contributed by atoms with Gasteiger partial charge in [-0.2, -0.15) is 0 Å². The minimum absolute atomic E-state index is 0.134. The molecule has 2 bridgehead atoms. The Hall–Kier alpha value is -0.420. The van der Waals surface area contributed by atoms with Crippen molar-refractivity contribution in [1.29, 1.82) is 0 Å². The van der Waals surface area contributed by atoms with Crippen molar-refractivity contribution in [2.75, 3.05) is 19.3 Å². The lowest BCUT2D eigenvalue weighted by molar-refractivity contribution is 0.00469. The standard InChI is InChI=1S/C12H22N2O2S/c1-12(2,3)16-11(15)14-9-5-6-10(14)8-13(7-9)17-4/h9-10H,5-8H2,1-4H3. The monoisotopic (exact) mass is 258 g/mol. The largest absolute Gasteiger partial charge is 0.444 e. The van der Waals surface area contributed by atoms with Gasteiger partial charge in [0.2, 0.25) is 0 Å². The van der Waals surface area contributed by atoms with Crippen LogP contribution in [0.1, 0.15) is 33.6 Å². The highest BCUT2D eigenvalue weighted by Crippen LogP contribution is 2.33. The van der Waals surface area contributed by atoms with Crippen molar-refractivity contribution in [3.8, 4) is 0 Å². The van der Waals surface area contributed by atoms with Crippen LogP contribution in [0.15, 0.2) is 0 Å². The van der Waals surface area contributed by atoms with Crippen LogP contribution >= 0.6 is 11.9 Å². The number of fused-ring (bicyclic) bond motifs is 2. The molecule has 2 atom stereocenters. The van der Waals surface area contributed by atoms with Gasteiger partial charge in [-0.3, -0.25) is 4.90 Å². The summed E-state index contributed by atoms with van der Waals surface area (Å²) in [5.41, 5.74) is -0.396. The molecular weight excluding hydrogens is 236 g/mol. The first-order valence-corrected chi connectivity index (χ1v) is 7.39. The first-order valence-electron chi connectivity index (χ1n) is 6.21. The van der Waals surface area contributed by atoms with E-state index in [4.69, 9.17) is 4.74 Å². The molecule has 2 aliphatic rings. The lowest BCUT2D eigenvalue weighted by Gasteiger charge is -2.40. The third-order valence-corrected chi connectivity index (χ3v) is 4.13. The van der Waals surface area contributed by atoms with E-state index >= 15 is 0 Å². The van der Waals surface area contributed by atoms with Crippen molar-refractivity contribution in [2.24, 2.45) is 0 Å². The Labute approximate surface area is 108 Å². The summed E-state index contributed by atoms with van der Waals surface area (Å²) in [7, 11) is 0. The fraction of sp³-hybridized carbons (Fsp3) is 0.917. The second kappa shape index (κ2) is 4.69. The van der Waals surface area contributed by atoms with E-state index < -0.39 is 5.60 Å². The molecule has 0 aliphatic carbocycles. The summed E-state index contributed by atoms with van der Waals surface area (Å²) in [4.78, 5) is 14.1. The number of nitrogens with zero attached hydrogens (tertiary/aromatic N) is 2. The average Bonchev–Trinajstić information content (AvgIpc) is 2.47. The van der Waals surface area contributed by atoms with Gasteiger partial charge in [-0.15, -0.1) is 0 Å². The molecular formula is C12H22N2O2S. The molecule has 0 aromatic carbocycles. The van der Waals surface area contributed by atoms with Crippen LogP contribution in [0, 0.1) is 0 Å². The van der Waals surface area contributed by atoms with Crippen LogP contribution in [0.4, 0.5) is 4.79 Å². The molecule has 2 heterocycles. The van der Waals surface area contributed by atoms with Crippen LogP contribution in [0.2, 0.25) is 0 Å². The Kier molecular flexibility index (Phi) is 3.59. The van der Waals surface area contributed by atoms with Crippen LogP contribution in [-0.4, -0.2) is 52.3 Å². The molecule has 5 heteroatoms. The summed E-state index contributed by atoms with van der Waals surface area (Å²) in [6.07, 6.45) is 4.19. The van der Waals surface area contributed by atoms with E-state index in [1.807, 2.05) is 25.7 Å². The van der Waals surface area contributed by atoms with Gasteiger partial charge in [0.05, 0.1) is 0 Å². The van der Waals surface area contributed by atoms with Crippen molar-refractivity contribution in [2.45, 2.75) is 51.3 Å². The van der Waals surface area contributed by atoms with Gasteiger partial charge in [0, 0.05) is 25.2 Å². The number of ether oxygens (including phenoxy) is 1. The minimum atomic E-state index is -0.396. The minimum Gasteiger partial charge on any atom is -0.444 e. The number of piperazine rings is 1. The second-order valence-electron chi connectivity index (χ2n) is 5.80. The molecule has 4 nitrogen and oxygen atoms in total. The molecule has 17 heavy (non-hydrogen) atoms. The van der Waals surface area contributed by atoms with Gasteiger partial charge in [0.1, 0.15) is 5.60 Å². The first-order chi connectivity index (χ1) is 7.90. The average molecular weight is 258 g/mol. The summed E-state index contributed by atoms with van der Waals surface area (Å²) in [6.45, 7) is 7.70. The molecule has 2 unspecified atom stereocenters. The molecule has 0 spiro atoms. The molecule has 2 rings (SSSR count). The fourth-order valence-corrected chi connectivity index (χ4v) is 3.27. The number of hydrogen-bond acceptors (Lipinski definition) is 4. The van der Waals surface area contributed by atoms with E-state index in [2.05, 4.69) is 10.6 Å². The molecule has 0 aromatic heterocycles. The number of rotatable bonds is 1. The van der Waals surface area contributed by atoms with Crippen molar-refractivity contribution in [1.82, 2.24) is 9.21 Å². The zero-order chi connectivity index (χ0) is 12.6. The van der Waals surface area contributed by atoms with E-state index in [1.165, 1.54) is 0 Å². The van der Waals surface area contributed by atoms with Gasteiger partial charge in [0.25, 0.3) is 0 Å².